The second-order valence-corrected chi connectivity index (χ2v) is 9.29. The van der Waals surface area contributed by atoms with Gasteiger partial charge in [-0.3, -0.25) is 9.59 Å². The van der Waals surface area contributed by atoms with Crippen LogP contribution in [0, 0.1) is 6.92 Å². The number of hydrogen-bond donors (Lipinski definition) is 1. The summed E-state index contributed by atoms with van der Waals surface area (Å²) in [5.74, 6) is 0.881. The van der Waals surface area contributed by atoms with Gasteiger partial charge in [0.2, 0.25) is 0 Å². The maximum Gasteiger partial charge on any atom is 0.257 e. The average Bonchev–Trinajstić information content (AvgIpc) is 2.85. The van der Waals surface area contributed by atoms with Crippen LogP contribution in [0.3, 0.4) is 0 Å². The third kappa shape index (κ3) is 5.37. The molecule has 0 unspecified atom stereocenters. The SMILES string of the molecule is COc1ccc(C2CCN(C(=O)c3ccc(C)c(NC(=O)c4ccc(Cl)cc4Cl)c3)CC2)cc1. The number of carbonyl (C=O) groups excluding carboxylic acids is 2. The highest BCUT2D eigenvalue weighted by molar-refractivity contribution is 6.37. The monoisotopic (exact) mass is 496 g/mol. The van der Waals surface area contributed by atoms with Gasteiger partial charge in [-0.2, -0.15) is 0 Å². The van der Waals surface area contributed by atoms with Crippen molar-refractivity contribution in [3.8, 4) is 5.75 Å². The van der Waals surface area contributed by atoms with E-state index in [4.69, 9.17) is 27.9 Å². The molecule has 1 heterocycles. The lowest BCUT2D eigenvalue weighted by atomic mass is 9.89. The molecule has 3 aromatic carbocycles. The molecule has 0 aromatic heterocycles. The van der Waals surface area contributed by atoms with Crippen LogP contribution in [0.5, 0.6) is 5.75 Å². The number of nitrogens with one attached hydrogen (secondary N) is 1. The molecule has 0 radical (unpaired) electrons. The highest BCUT2D eigenvalue weighted by atomic mass is 35.5. The molecule has 176 valence electrons. The molecule has 34 heavy (non-hydrogen) atoms. The molecule has 1 aliphatic rings. The van der Waals surface area contributed by atoms with Gasteiger partial charge < -0.3 is 15.0 Å². The van der Waals surface area contributed by atoms with Crippen LogP contribution in [0.2, 0.25) is 10.0 Å². The molecule has 1 aliphatic heterocycles. The number of ether oxygens (including phenoxy) is 1. The first-order chi connectivity index (χ1) is 16.4. The van der Waals surface area contributed by atoms with Crippen LogP contribution >= 0.6 is 23.2 Å². The maximum absolute atomic E-state index is 13.2. The zero-order valence-corrected chi connectivity index (χ0v) is 20.6. The molecule has 0 aliphatic carbocycles. The van der Waals surface area contributed by atoms with Crippen molar-refractivity contribution in [3.05, 3.63) is 93.0 Å². The number of methoxy groups -OCH3 is 1. The molecule has 4 rings (SSSR count). The Morgan fingerprint density at radius 1 is 0.971 bits per heavy atom. The Balaban J connectivity index is 1.43. The van der Waals surface area contributed by atoms with Gasteiger partial charge >= 0.3 is 0 Å². The summed E-state index contributed by atoms with van der Waals surface area (Å²) in [6, 6.07) is 18.3. The summed E-state index contributed by atoms with van der Waals surface area (Å²) in [5, 5.41) is 3.61. The van der Waals surface area contributed by atoms with Gasteiger partial charge in [0, 0.05) is 29.4 Å². The first-order valence-corrected chi connectivity index (χ1v) is 11.9. The van der Waals surface area contributed by atoms with E-state index in [1.807, 2.05) is 30.0 Å². The van der Waals surface area contributed by atoms with Crippen molar-refractivity contribution in [1.82, 2.24) is 4.90 Å². The number of piperidine rings is 1. The van der Waals surface area contributed by atoms with Crippen LogP contribution in [0.1, 0.15) is 50.6 Å². The van der Waals surface area contributed by atoms with Gasteiger partial charge in [-0.15, -0.1) is 0 Å². The number of anilines is 1. The first kappa shape index (κ1) is 24.1. The van der Waals surface area contributed by atoms with E-state index in [2.05, 4.69) is 17.4 Å². The van der Waals surface area contributed by atoms with Crippen LogP contribution in [0.25, 0.3) is 0 Å². The Bertz CT molecular complexity index is 1200. The molecule has 0 spiro atoms. The Morgan fingerprint density at radius 2 is 1.68 bits per heavy atom. The summed E-state index contributed by atoms with van der Waals surface area (Å²) < 4.78 is 5.24. The Morgan fingerprint density at radius 3 is 2.32 bits per heavy atom. The third-order valence-electron chi connectivity index (χ3n) is 6.28. The quantitative estimate of drug-likeness (QED) is 0.433. The Kier molecular flexibility index (Phi) is 7.44. The first-order valence-electron chi connectivity index (χ1n) is 11.2. The number of amides is 2. The van der Waals surface area contributed by atoms with Gasteiger partial charge in [0.1, 0.15) is 5.75 Å². The van der Waals surface area contributed by atoms with Crippen molar-refractivity contribution in [2.75, 3.05) is 25.5 Å². The fraction of sp³-hybridized carbons (Fsp3) is 0.259. The van der Waals surface area contributed by atoms with E-state index >= 15 is 0 Å². The molecule has 0 saturated carbocycles. The number of nitrogens with zero attached hydrogens (tertiary/aromatic N) is 1. The molecule has 1 N–H and O–H groups in total. The van der Waals surface area contributed by atoms with Crippen LogP contribution < -0.4 is 10.1 Å². The number of carbonyl (C=O) groups is 2. The minimum Gasteiger partial charge on any atom is -0.497 e. The second-order valence-electron chi connectivity index (χ2n) is 8.45. The van der Waals surface area contributed by atoms with E-state index in [0.717, 1.165) is 24.2 Å². The van der Waals surface area contributed by atoms with E-state index in [0.29, 0.717) is 40.8 Å². The lowest BCUT2D eigenvalue weighted by Crippen LogP contribution is -2.38. The van der Waals surface area contributed by atoms with Gasteiger partial charge in [-0.1, -0.05) is 41.4 Å². The van der Waals surface area contributed by atoms with Gasteiger partial charge in [0.25, 0.3) is 11.8 Å². The maximum atomic E-state index is 13.2. The Hall–Kier alpha value is -3.02. The van der Waals surface area contributed by atoms with E-state index in [9.17, 15) is 9.59 Å². The molecule has 3 aromatic rings. The lowest BCUT2D eigenvalue weighted by molar-refractivity contribution is 0.0712. The zero-order chi connectivity index (χ0) is 24.2. The molecule has 1 fully saturated rings. The summed E-state index contributed by atoms with van der Waals surface area (Å²) in [5.41, 5.74) is 3.58. The van der Waals surface area contributed by atoms with E-state index in [1.54, 1.807) is 31.4 Å². The topological polar surface area (TPSA) is 58.6 Å². The fourth-order valence-corrected chi connectivity index (χ4v) is 4.72. The van der Waals surface area contributed by atoms with E-state index in [-0.39, 0.29) is 16.8 Å². The van der Waals surface area contributed by atoms with Crippen molar-refractivity contribution in [1.29, 1.82) is 0 Å². The highest BCUT2D eigenvalue weighted by Gasteiger charge is 2.25. The highest BCUT2D eigenvalue weighted by Crippen LogP contribution is 2.30. The number of halogens is 2. The van der Waals surface area contributed by atoms with Crippen molar-refractivity contribution >= 4 is 40.7 Å². The number of likely N-dealkylation sites (tertiary alicyclic amines) is 1. The minimum atomic E-state index is -0.352. The van der Waals surface area contributed by atoms with Gasteiger partial charge in [0.15, 0.2) is 0 Å². The van der Waals surface area contributed by atoms with E-state index in [1.165, 1.54) is 11.6 Å². The Labute approximate surface area is 209 Å². The molecule has 0 bridgehead atoms. The summed E-state index contributed by atoms with van der Waals surface area (Å²) in [4.78, 5) is 27.8. The van der Waals surface area contributed by atoms with Crippen LogP contribution in [-0.2, 0) is 0 Å². The van der Waals surface area contributed by atoms with Crippen molar-refractivity contribution in [2.24, 2.45) is 0 Å². The van der Waals surface area contributed by atoms with Crippen molar-refractivity contribution in [2.45, 2.75) is 25.7 Å². The second kappa shape index (κ2) is 10.5. The van der Waals surface area contributed by atoms with Crippen LogP contribution in [0.15, 0.2) is 60.7 Å². The van der Waals surface area contributed by atoms with Gasteiger partial charge in [-0.05, 0) is 79.3 Å². The predicted octanol–water partition coefficient (Wildman–Crippen LogP) is 6.58. The number of aryl methyl sites for hydroxylation is 1. The molecular weight excluding hydrogens is 471 g/mol. The number of rotatable bonds is 5. The summed E-state index contributed by atoms with van der Waals surface area (Å²) in [6.07, 6.45) is 1.81. The van der Waals surface area contributed by atoms with E-state index < -0.39 is 0 Å². The smallest absolute Gasteiger partial charge is 0.257 e. The van der Waals surface area contributed by atoms with Crippen molar-refractivity contribution < 1.29 is 14.3 Å². The van der Waals surface area contributed by atoms with Crippen LogP contribution in [-0.4, -0.2) is 36.9 Å². The molecule has 7 heteroatoms. The number of hydrogen-bond acceptors (Lipinski definition) is 3. The molecular formula is C27H26Cl2N2O3. The molecule has 1 saturated heterocycles. The lowest BCUT2D eigenvalue weighted by Gasteiger charge is -2.32. The number of benzene rings is 3. The molecule has 0 atom stereocenters. The molecule has 2 amide bonds. The van der Waals surface area contributed by atoms with Crippen LogP contribution in [0.4, 0.5) is 5.69 Å². The zero-order valence-electron chi connectivity index (χ0n) is 19.1. The third-order valence-corrected chi connectivity index (χ3v) is 6.83. The fourth-order valence-electron chi connectivity index (χ4n) is 4.23. The summed E-state index contributed by atoms with van der Waals surface area (Å²) in [6.45, 7) is 3.25. The average molecular weight is 497 g/mol. The standard InChI is InChI=1S/C27H26Cl2N2O3/c1-17-3-4-20(15-25(17)30-26(32)23-10-7-21(28)16-24(23)29)27(33)31-13-11-19(12-14-31)18-5-8-22(34-2)9-6-18/h3-10,15-16,19H,11-14H2,1-2H3,(H,30,32). The predicted molar refractivity (Wildman–Crippen MR) is 136 cm³/mol. The van der Waals surface area contributed by atoms with Gasteiger partial charge in [-0.25, -0.2) is 0 Å². The normalized spacial score (nSPS) is 14.1. The van der Waals surface area contributed by atoms with Gasteiger partial charge in [0.05, 0.1) is 17.7 Å². The minimum absolute atomic E-state index is 0.0341. The molecule has 5 nitrogen and oxygen atoms in total. The summed E-state index contributed by atoms with van der Waals surface area (Å²) >= 11 is 12.1. The largest absolute Gasteiger partial charge is 0.497 e. The van der Waals surface area contributed by atoms with Crippen molar-refractivity contribution in [3.63, 3.8) is 0 Å². The summed E-state index contributed by atoms with van der Waals surface area (Å²) in [7, 11) is 1.66.